The number of hydrogen-bond acceptors (Lipinski definition) is 6. The fourth-order valence-electron chi connectivity index (χ4n) is 4.78. The molecule has 0 saturated carbocycles. The number of benzene rings is 2. The Bertz CT molecular complexity index is 1070. The van der Waals surface area contributed by atoms with Crippen LogP contribution < -0.4 is 15.0 Å². The molecule has 2 amide bonds. The molecule has 2 aliphatic heterocycles. The lowest BCUT2D eigenvalue weighted by atomic mass is 9.90. The van der Waals surface area contributed by atoms with Crippen LogP contribution in [0, 0.1) is 0 Å². The van der Waals surface area contributed by atoms with E-state index in [9.17, 15) is 9.59 Å². The predicted molar refractivity (Wildman–Crippen MR) is 140 cm³/mol. The van der Waals surface area contributed by atoms with E-state index in [4.69, 9.17) is 9.47 Å². The highest BCUT2D eigenvalue weighted by Crippen LogP contribution is 2.38. The predicted octanol–water partition coefficient (Wildman–Crippen LogP) is 5.73. The number of fused-ring (bicyclic) bond motifs is 1. The Morgan fingerprint density at radius 2 is 1.94 bits per heavy atom. The summed E-state index contributed by atoms with van der Waals surface area (Å²) in [6.45, 7) is 6.89. The molecule has 1 saturated heterocycles. The van der Waals surface area contributed by atoms with Crippen LogP contribution in [-0.4, -0.2) is 48.6 Å². The van der Waals surface area contributed by atoms with E-state index in [2.05, 4.69) is 17.4 Å². The number of rotatable bonds is 5. The zero-order valence-corrected chi connectivity index (χ0v) is 22.0. The number of hydrogen-bond donors (Lipinski definition) is 1. The third-order valence-electron chi connectivity index (χ3n) is 6.42. The lowest BCUT2D eigenvalue weighted by Crippen LogP contribution is -2.51. The summed E-state index contributed by atoms with van der Waals surface area (Å²) >= 11 is 1.30. The van der Waals surface area contributed by atoms with Crippen LogP contribution in [0.5, 0.6) is 5.75 Å². The number of nitrogens with zero attached hydrogens (tertiary/aromatic N) is 2. The van der Waals surface area contributed by atoms with Gasteiger partial charge in [0.1, 0.15) is 11.4 Å². The van der Waals surface area contributed by atoms with Crippen LogP contribution in [0.15, 0.2) is 42.5 Å². The minimum absolute atomic E-state index is 0.0364. The molecule has 0 aromatic heterocycles. The van der Waals surface area contributed by atoms with Crippen molar-refractivity contribution in [3.05, 3.63) is 59.2 Å². The molecule has 2 heterocycles. The maximum Gasteiger partial charge on any atom is 0.410 e. The molecule has 2 aromatic rings. The fraction of sp³-hybridized carbons (Fsp3) is 0.481. The molecule has 0 aliphatic carbocycles. The van der Waals surface area contributed by atoms with Gasteiger partial charge in [0, 0.05) is 43.2 Å². The highest BCUT2D eigenvalue weighted by Gasteiger charge is 2.37. The van der Waals surface area contributed by atoms with E-state index in [-0.39, 0.29) is 23.4 Å². The molecule has 8 heteroatoms. The zero-order chi connectivity index (χ0) is 25.2. The summed E-state index contributed by atoms with van der Waals surface area (Å²) in [4.78, 5) is 28.9. The van der Waals surface area contributed by atoms with Gasteiger partial charge in [-0.25, -0.2) is 4.79 Å². The molecule has 0 radical (unpaired) electrons. The largest absolute Gasteiger partial charge is 0.496 e. The van der Waals surface area contributed by atoms with E-state index in [1.54, 1.807) is 12.0 Å². The topological polar surface area (TPSA) is 71.1 Å². The van der Waals surface area contributed by atoms with Crippen LogP contribution in [0.3, 0.4) is 0 Å². The molecular formula is C27H35N3O4S. The first-order valence-corrected chi connectivity index (χ1v) is 13.0. The summed E-state index contributed by atoms with van der Waals surface area (Å²) in [7, 11) is 3.48. The van der Waals surface area contributed by atoms with Gasteiger partial charge in [-0.3, -0.25) is 9.69 Å². The van der Waals surface area contributed by atoms with Gasteiger partial charge in [0.15, 0.2) is 0 Å². The van der Waals surface area contributed by atoms with Crippen LogP contribution in [0.25, 0.3) is 0 Å². The first-order valence-electron chi connectivity index (χ1n) is 12.1. The average molecular weight is 498 g/mol. The van der Waals surface area contributed by atoms with E-state index in [0.29, 0.717) is 18.8 Å². The summed E-state index contributed by atoms with van der Waals surface area (Å²) in [5, 5.41) is 3.75. The van der Waals surface area contributed by atoms with Crippen LogP contribution in [0.4, 0.5) is 15.3 Å². The third kappa shape index (κ3) is 5.76. The second-order valence-corrected chi connectivity index (χ2v) is 11.0. The normalized spacial score (nSPS) is 20.4. The fourth-order valence-corrected chi connectivity index (χ4v) is 5.58. The molecule has 2 aromatic carbocycles. The van der Waals surface area contributed by atoms with Gasteiger partial charge < -0.3 is 19.7 Å². The number of nitrogens with one attached hydrogen (secondary N) is 1. The van der Waals surface area contributed by atoms with Gasteiger partial charge in [-0.1, -0.05) is 42.1 Å². The number of amides is 2. The van der Waals surface area contributed by atoms with Gasteiger partial charge >= 0.3 is 6.09 Å². The average Bonchev–Trinajstić information content (AvgIpc) is 2.84. The Kier molecular flexibility index (Phi) is 7.62. The van der Waals surface area contributed by atoms with Gasteiger partial charge in [-0.15, -0.1) is 0 Å². The molecule has 0 spiro atoms. The van der Waals surface area contributed by atoms with Crippen molar-refractivity contribution in [3.63, 3.8) is 0 Å². The lowest BCUT2D eigenvalue weighted by Gasteiger charge is -2.42. The van der Waals surface area contributed by atoms with Crippen molar-refractivity contribution in [2.45, 2.75) is 63.6 Å². The van der Waals surface area contributed by atoms with Gasteiger partial charge in [0.2, 0.25) is 0 Å². The maximum absolute atomic E-state index is 13.2. The summed E-state index contributed by atoms with van der Waals surface area (Å²) < 4.78 is 11.5. The molecule has 2 atom stereocenters. The van der Waals surface area contributed by atoms with Crippen LogP contribution in [0.1, 0.15) is 56.3 Å². The van der Waals surface area contributed by atoms with E-state index >= 15 is 0 Å². The van der Waals surface area contributed by atoms with Crippen LogP contribution in [-0.2, 0) is 17.0 Å². The second-order valence-electron chi connectivity index (χ2n) is 10.1. The molecule has 2 aliphatic rings. The van der Waals surface area contributed by atoms with Crippen molar-refractivity contribution in [1.82, 2.24) is 10.2 Å². The van der Waals surface area contributed by atoms with Gasteiger partial charge in [-0.2, -0.15) is 0 Å². The number of ether oxygens (including phenoxy) is 2. The van der Waals surface area contributed by atoms with Crippen molar-refractivity contribution < 1.29 is 19.1 Å². The Morgan fingerprint density at radius 3 is 2.63 bits per heavy atom. The number of piperidine rings is 1. The molecule has 1 fully saturated rings. The minimum Gasteiger partial charge on any atom is -0.496 e. The maximum atomic E-state index is 13.2. The summed E-state index contributed by atoms with van der Waals surface area (Å²) in [5.41, 5.74) is 3.52. The molecule has 4 rings (SSSR count). The molecule has 7 nitrogen and oxygen atoms in total. The van der Waals surface area contributed by atoms with E-state index in [1.807, 2.05) is 63.1 Å². The highest BCUT2D eigenvalue weighted by atomic mass is 32.2. The number of carbonyl (C=O) groups is 2. The summed E-state index contributed by atoms with van der Waals surface area (Å²) in [6, 6.07) is 14.1. The van der Waals surface area contributed by atoms with Crippen molar-refractivity contribution in [3.8, 4) is 5.75 Å². The smallest absolute Gasteiger partial charge is 0.410 e. The number of thioether (sulfide) groups is 1. The summed E-state index contributed by atoms with van der Waals surface area (Å²) in [6.07, 6.45) is 1.53. The van der Waals surface area contributed by atoms with Crippen molar-refractivity contribution in [2.24, 2.45) is 0 Å². The zero-order valence-electron chi connectivity index (χ0n) is 21.2. The first kappa shape index (κ1) is 25.4. The Labute approximate surface area is 212 Å². The van der Waals surface area contributed by atoms with Gasteiger partial charge in [0.25, 0.3) is 5.24 Å². The van der Waals surface area contributed by atoms with E-state index in [0.717, 1.165) is 41.0 Å². The number of methoxy groups -OCH3 is 1. The third-order valence-corrected chi connectivity index (χ3v) is 7.40. The SMILES string of the molecule is COc1cc2c(cc1CN[C@H]1CCCN(C(=O)OC(C)(C)C)[C@H]1c1ccccc1)N(C)C(=O)SC2. The Morgan fingerprint density at radius 1 is 1.20 bits per heavy atom. The monoisotopic (exact) mass is 497 g/mol. The highest BCUT2D eigenvalue weighted by molar-refractivity contribution is 8.13. The van der Waals surface area contributed by atoms with Gasteiger partial charge in [0.05, 0.1) is 13.2 Å². The molecule has 0 unspecified atom stereocenters. The van der Waals surface area contributed by atoms with Crippen molar-refractivity contribution in [2.75, 3.05) is 25.6 Å². The number of carbonyl (C=O) groups excluding carboxylic acids is 2. The minimum atomic E-state index is -0.559. The molecule has 1 N–H and O–H groups in total. The lowest BCUT2D eigenvalue weighted by molar-refractivity contribution is 0.00380. The Hall–Kier alpha value is -2.71. The molecule has 35 heavy (non-hydrogen) atoms. The van der Waals surface area contributed by atoms with E-state index in [1.165, 1.54) is 11.8 Å². The van der Waals surface area contributed by atoms with Crippen molar-refractivity contribution >= 4 is 28.8 Å². The van der Waals surface area contributed by atoms with Gasteiger partial charge in [-0.05, 0) is 56.9 Å². The van der Waals surface area contributed by atoms with E-state index < -0.39 is 5.60 Å². The Balaban J connectivity index is 1.60. The second kappa shape index (κ2) is 10.5. The standard InChI is InChI=1S/C27H35N3O4S/c1-27(2,3)34-25(31)30-13-9-12-21(24(30)18-10-7-6-8-11-18)28-16-19-14-22-20(15-23(19)33-5)17-35-26(32)29(22)4/h6-8,10-11,14-15,21,24,28H,9,12-13,16-17H2,1-5H3/t21-,24-/m0/s1. The summed E-state index contributed by atoms with van der Waals surface area (Å²) in [5.74, 6) is 1.45. The molecular weight excluding hydrogens is 462 g/mol. The van der Waals surface area contributed by atoms with Crippen LogP contribution >= 0.6 is 11.8 Å². The van der Waals surface area contributed by atoms with Crippen molar-refractivity contribution in [1.29, 1.82) is 0 Å². The first-order chi connectivity index (χ1) is 16.7. The molecule has 188 valence electrons. The van der Waals surface area contributed by atoms with Crippen LogP contribution in [0.2, 0.25) is 0 Å². The quantitative estimate of drug-likeness (QED) is 0.569. The number of likely N-dealkylation sites (tertiary alicyclic amines) is 1. The molecule has 0 bridgehead atoms. The number of anilines is 1.